The molecule has 0 saturated carbocycles. The first-order valence-corrected chi connectivity index (χ1v) is 8.99. The smallest absolute Gasteiger partial charge is 0.252 e. The highest BCUT2D eigenvalue weighted by atomic mass is 32.2. The summed E-state index contributed by atoms with van der Waals surface area (Å²) in [7, 11) is 0. The Morgan fingerprint density at radius 3 is 2.95 bits per heavy atom. The van der Waals surface area contributed by atoms with E-state index in [1.165, 1.54) is 12.8 Å². The van der Waals surface area contributed by atoms with Crippen molar-refractivity contribution in [2.75, 3.05) is 25.9 Å². The van der Waals surface area contributed by atoms with E-state index in [1.807, 2.05) is 30.5 Å². The number of carbonyl (C=O) groups excluding carboxylic acids is 1. The molecular weight excluding hydrogens is 280 g/mol. The van der Waals surface area contributed by atoms with Gasteiger partial charge in [0, 0.05) is 24.0 Å². The molecule has 1 N–H and O–H groups in total. The Balaban J connectivity index is 1.88. The average molecular weight is 306 g/mol. The van der Waals surface area contributed by atoms with E-state index in [9.17, 15) is 4.79 Å². The van der Waals surface area contributed by atoms with E-state index in [-0.39, 0.29) is 5.91 Å². The number of carbonyl (C=O) groups is 1. The minimum Gasteiger partial charge on any atom is -0.350 e. The fraction of sp³-hybridized carbons (Fsp3) is 0.588. The summed E-state index contributed by atoms with van der Waals surface area (Å²) in [6.07, 6.45) is 4.61. The topological polar surface area (TPSA) is 32.3 Å². The lowest BCUT2D eigenvalue weighted by atomic mass is 9.99. The molecule has 4 heteroatoms. The van der Waals surface area contributed by atoms with Crippen LogP contribution in [-0.4, -0.2) is 42.7 Å². The van der Waals surface area contributed by atoms with E-state index in [2.05, 4.69) is 24.1 Å². The highest BCUT2D eigenvalue weighted by Crippen LogP contribution is 2.20. The van der Waals surface area contributed by atoms with Crippen molar-refractivity contribution in [2.45, 2.75) is 37.6 Å². The third-order valence-corrected chi connectivity index (χ3v) is 5.02. The van der Waals surface area contributed by atoms with Gasteiger partial charge in [0.05, 0.1) is 5.56 Å². The van der Waals surface area contributed by atoms with Gasteiger partial charge in [-0.25, -0.2) is 0 Å². The molecule has 1 aromatic carbocycles. The van der Waals surface area contributed by atoms with Gasteiger partial charge in [0.2, 0.25) is 0 Å². The number of benzene rings is 1. The lowest BCUT2D eigenvalue weighted by Crippen LogP contribution is -2.46. The molecule has 1 aliphatic rings. The Hall–Kier alpha value is -1.00. The molecule has 0 unspecified atom stereocenters. The SMILES string of the molecule is CSc1ccccc1C(=O)NC[C@H](C)N1CCC[C@H](C)C1. The van der Waals surface area contributed by atoms with Gasteiger partial charge < -0.3 is 5.32 Å². The van der Waals surface area contributed by atoms with Crippen molar-refractivity contribution in [3.63, 3.8) is 0 Å². The lowest BCUT2D eigenvalue weighted by molar-refractivity contribution is 0.0914. The van der Waals surface area contributed by atoms with Gasteiger partial charge in [-0.05, 0) is 50.6 Å². The maximum Gasteiger partial charge on any atom is 0.252 e. The van der Waals surface area contributed by atoms with E-state index < -0.39 is 0 Å². The van der Waals surface area contributed by atoms with Crippen LogP contribution in [-0.2, 0) is 0 Å². The molecule has 2 atom stereocenters. The number of piperidine rings is 1. The predicted molar refractivity (Wildman–Crippen MR) is 90.0 cm³/mol. The zero-order valence-corrected chi connectivity index (χ0v) is 14.1. The molecule has 1 saturated heterocycles. The molecule has 0 radical (unpaired) electrons. The summed E-state index contributed by atoms with van der Waals surface area (Å²) in [5.74, 6) is 0.811. The molecule has 2 rings (SSSR count). The van der Waals surface area contributed by atoms with Gasteiger partial charge in [-0.15, -0.1) is 11.8 Å². The third kappa shape index (κ3) is 4.48. The van der Waals surface area contributed by atoms with E-state index in [4.69, 9.17) is 0 Å². The molecule has 1 aliphatic heterocycles. The Morgan fingerprint density at radius 2 is 2.24 bits per heavy atom. The van der Waals surface area contributed by atoms with Crippen LogP contribution in [0.15, 0.2) is 29.2 Å². The highest BCUT2D eigenvalue weighted by Gasteiger charge is 2.21. The Bertz CT molecular complexity index is 478. The van der Waals surface area contributed by atoms with Crippen LogP contribution in [0.2, 0.25) is 0 Å². The Kier molecular flexibility index (Phi) is 6.12. The highest BCUT2D eigenvalue weighted by molar-refractivity contribution is 7.98. The first-order chi connectivity index (χ1) is 10.1. The number of rotatable bonds is 5. The number of hydrogen-bond donors (Lipinski definition) is 1. The average Bonchev–Trinajstić information content (AvgIpc) is 2.52. The number of likely N-dealkylation sites (tertiary alicyclic amines) is 1. The van der Waals surface area contributed by atoms with Gasteiger partial charge in [0.15, 0.2) is 0 Å². The van der Waals surface area contributed by atoms with Gasteiger partial charge in [-0.1, -0.05) is 19.1 Å². The number of nitrogens with one attached hydrogen (secondary N) is 1. The Morgan fingerprint density at radius 1 is 1.48 bits per heavy atom. The zero-order chi connectivity index (χ0) is 15.2. The first kappa shape index (κ1) is 16.4. The van der Waals surface area contributed by atoms with Crippen LogP contribution in [0.4, 0.5) is 0 Å². The van der Waals surface area contributed by atoms with Crippen LogP contribution >= 0.6 is 11.8 Å². The van der Waals surface area contributed by atoms with Crippen molar-refractivity contribution >= 4 is 17.7 Å². The van der Waals surface area contributed by atoms with Gasteiger partial charge in [-0.2, -0.15) is 0 Å². The van der Waals surface area contributed by atoms with E-state index in [0.717, 1.165) is 29.5 Å². The van der Waals surface area contributed by atoms with Crippen LogP contribution in [0.3, 0.4) is 0 Å². The molecular formula is C17H26N2OS. The summed E-state index contributed by atoms with van der Waals surface area (Å²) in [6, 6.07) is 8.19. The van der Waals surface area contributed by atoms with E-state index in [1.54, 1.807) is 11.8 Å². The van der Waals surface area contributed by atoms with E-state index >= 15 is 0 Å². The lowest BCUT2D eigenvalue weighted by Gasteiger charge is -2.35. The van der Waals surface area contributed by atoms with Crippen LogP contribution < -0.4 is 5.32 Å². The maximum absolute atomic E-state index is 12.3. The summed E-state index contributed by atoms with van der Waals surface area (Å²) >= 11 is 1.62. The van der Waals surface area contributed by atoms with Gasteiger partial charge in [0.1, 0.15) is 0 Å². The molecule has 0 spiro atoms. The van der Waals surface area contributed by atoms with Gasteiger partial charge >= 0.3 is 0 Å². The third-order valence-electron chi connectivity index (χ3n) is 4.22. The minimum atomic E-state index is 0.0388. The van der Waals surface area contributed by atoms with Crippen LogP contribution in [0, 0.1) is 5.92 Å². The predicted octanol–water partition coefficient (Wildman–Crippen LogP) is 3.26. The minimum absolute atomic E-state index is 0.0388. The molecule has 21 heavy (non-hydrogen) atoms. The van der Waals surface area contributed by atoms with Crippen molar-refractivity contribution in [1.29, 1.82) is 0 Å². The molecule has 0 bridgehead atoms. The quantitative estimate of drug-likeness (QED) is 0.848. The largest absolute Gasteiger partial charge is 0.350 e. The molecule has 0 aromatic heterocycles. The molecule has 1 amide bonds. The summed E-state index contributed by atoms with van der Waals surface area (Å²) in [4.78, 5) is 15.9. The number of nitrogens with zero attached hydrogens (tertiary/aromatic N) is 1. The van der Waals surface area contributed by atoms with Crippen molar-refractivity contribution in [3.05, 3.63) is 29.8 Å². The number of amides is 1. The van der Waals surface area contributed by atoms with Crippen LogP contribution in [0.5, 0.6) is 0 Å². The summed E-state index contributed by atoms with van der Waals surface area (Å²) in [5, 5.41) is 3.09. The molecule has 1 heterocycles. The van der Waals surface area contributed by atoms with Gasteiger partial charge in [-0.3, -0.25) is 9.69 Å². The number of thioether (sulfide) groups is 1. The monoisotopic (exact) mass is 306 g/mol. The fourth-order valence-electron chi connectivity index (χ4n) is 2.92. The zero-order valence-electron chi connectivity index (χ0n) is 13.3. The molecule has 1 fully saturated rings. The molecule has 116 valence electrons. The second-order valence-electron chi connectivity index (χ2n) is 6.00. The maximum atomic E-state index is 12.3. The molecule has 1 aromatic rings. The second-order valence-corrected chi connectivity index (χ2v) is 6.85. The summed E-state index contributed by atoms with van der Waals surface area (Å²) in [5.41, 5.74) is 0.782. The molecule has 0 aliphatic carbocycles. The first-order valence-electron chi connectivity index (χ1n) is 7.77. The Labute approximate surface area is 132 Å². The summed E-state index contributed by atoms with van der Waals surface area (Å²) < 4.78 is 0. The van der Waals surface area contributed by atoms with Crippen molar-refractivity contribution in [2.24, 2.45) is 5.92 Å². The summed E-state index contributed by atoms with van der Waals surface area (Å²) in [6.45, 7) is 7.54. The molecule has 3 nitrogen and oxygen atoms in total. The van der Waals surface area contributed by atoms with Gasteiger partial charge in [0.25, 0.3) is 5.91 Å². The van der Waals surface area contributed by atoms with E-state index in [0.29, 0.717) is 12.6 Å². The van der Waals surface area contributed by atoms with Crippen molar-refractivity contribution in [3.8, 4) is 0 Å². The van der Waals surface area contributed by atoms with Crippen molar-refractivity contribution < 1.29 is 4.79 Å². The van der Waals surface area contributed by atoms with Crippen LogP contribution in [0.1, 0.15) is 37.0 Å². The number of hydrogen-bond acceptors (Lipinski definition) is 3. The standard InChI is InChI=1S/C17H26N2OS/c1-13-7-6-10-19(12-13)14(2)11-18-17(20)15-8-4-5-9-16(15)21-3/h4-5,8-9,13-14H,6-7,10-12H2,1-3H3,(H,18,20)/t13-,14-/m0/s1. The fourth-order valence-corrected chi connectivity index (χ4v) is 3.52. The normalized spacial score (nSPS) is 21.0. The van der Waals surface area contributed by atoms with Crippen LogP contribution in [0.25, 0.3) is 0 Å². The van der Waals surface area contributed by atoms with Crippen molar-refractivity contribution in [1.82, 2.24) is 10.2 Å². The second kappa shape index (κ2) is 7.85.